The summed E-state index contributed by atoms with van der Waals surface area (Å²) in [6, 6.07) is 3.46. The molecule has 0 spiro atoms. The molecular formula is C20H25NO4. The minimum absolute atomic E-state index is 0.0377. The molecule has 1 fully saturated rings. The van der Waals surface area contributed by atoms with Crippen molar-refractivity contribution in [2.24, 2.45) is 17.3 Å². The largest absolute Gasteiger partial charge is 0.504 e. The van der Waals surface area contributed by atoms with Crippen LogP contribution in [-0.2, 0) is 4.84 Å². The van der Waals surface area contributed by atoms with Gasteiger partial charge in [0.2, 0.25) is 0 Å². The van der Waals surface area contributed by atoms with Crippen molar-refractivity contribution >= 4 is 5.78 Å². The highest BCUT2D eigenvalue weighted by Gasteiger charge is 2.53. The van der Waals surface area contributed by atoms with Crippen LogP contribution in [0.5, 0.6) is 11.5 Å². The van der Waals surface area contributed by atoms with Gasteiger partial charge in [0.1, 0.15) is 0 Å². The summed E-state index contributed by atoms with van der Waals surface area (Å²) in [5.74, 6) is 1.72. The Labute approximate surface area is 148 Å². The smallest absolute Gasteiger partial charge is 0.163 e. The van der Waals surface area contributed by atoms with Crippen LogP contribution in [0.4, 0.5) is 0 Å². The van der Waals surface area contributed by atoms with Gasteiger partial charge in [-0.3, -0.25) is 15.1 Å². The standard InChI is InChI=1S/C20H25NO4/c1-20-7-6-11-12-10-18(24-2)17(23)9-14(12)16(22)8-13(11)15(20)4-5-19(20)21-25-3/h5,9-11,13,15,21,23H,4,6-8H2,1-3H3/t11-,13-,15+,20+/m1/s1. The number of carbonyl (C=O) groups is 1. The molecule has 0 saturated heterocycles. The summed E-state index contributed by atoms with van der Waals surface area (Å²) in [7, 11) is 3.19. The maximum atomic E-state index is 12.8. The minimum Gasteiger partial charge on any atom is -0.504 e. The van der Waals surface area contributed by atoms with Crippen LogP contribution in [0, 0.1) is 17.3 Å². The van der Waals surface area contributed by atoms with Crippen LogP contribution >= 0.6 is 0 Å². The summed E-state index contributed by atoms with van der Waals surface area (Å²) in [4.78, 5) is 18.0. The van der Waals surface area contributed by atoms with E-state index in [1.807, 2.05) is 6.07 Å². The van der Waals surface area contributed by atoms with Crippen molar-refractivity contribution in [2.75, 3.05) is 14.2 Å². The lowest BCUT2D eigenvalue weighted by molar-refractivity contribution is 0.0353. The molecule has 5 heteroatoms. The maximum Gasteiger partial charge on any atom is 0.163 e. The predicted molar refractivity (Wildman–Crippen MR) is 93.5 cm³/mol. The number of rotatable bonds is 3. The number of phenols is 1. The predicted octanol–water partition coefficient (Wildman–Crippen LogP) is 3.54. The number of hydrogen-bond acceptors (Lipinski definition) is 5. The summed E-state index contributed by atoms with van der Waals surface area (Å²) >= 11 is 0. The Morgan fingerprint density at radius 2 is 2.12 bits per heavy atom. The monoisotopic (exact) mass is 343 g/mol. The molecule has 1 aromatic rings. The first-order valence-electron chi connectivity index (χ1n) is 8.93. The fourth-order valence-corrected chi connectivity index (χ4v) is 5.41. The molecule has 5 nitrogen and oxygen atoms in total. The summed E-state index contributed by atoms with van der Waals surface area (Å²) in [6.45, 7) is 2.29. The molecule has 0 radical (unpaired) electrons. The summed E-state index contributed by atoms with van der Waals surface area (Å²) < 4.78 is 5.28. The van der Waals surface area contributed by atoms with Gasteiger partial charge in [-0.2, -0.15) is 0 Å². The topological polar surface area (TPSA) is 67.8 Å². The number of ketones is 1. The number of aromatic hydroxyl groups is 1. The van der Waals surface area contributed by atoms with Gasteiger partial charge in [-0.25, -0.2) is 0 Å². The van der Waals surface area contributed by atoms with E-state index >= 15 is 0 Å². The minimum atomic E-state index is 0.0377. The second-order valence-electron chi connectivity index (χ2n) is 7.73. The van der Waals surface area contributed by atoms with Crippen molar-refractivity contribution in [1.29, 1.82) is 0 Å². The van der Waals surface area contributed by atoms with E-state index in [-0.39, 0.29) is 16.9 Å². The summed E-state index contributed by atoms with van der Waals surface area (Å²) in [5, 5.41) is 10.1. The zero-order valence-corrected chi connectivity index (χ0v) is 15.0. The fraction of sp³-hybridized carbons (Fsp3) is 0.550. The van der Waals surface area contributed by atoms with E-state index in [1.165, 1.54) is 0 Å². The second-order valence-corrected chi connectivity index (χ2v) is 7.73. The Morgan fingerprint density at radius 1 is 1.32 bits per heavy atom. The number of hydrogen-bond donors (Lipinski definition) is 2. The van der Waals surface area contributed by atoms with Gasteiger partial charge < -0.3 is 9.84 Å². The SMILES string of the molecule is CONC1=CC[C@H]2[C@@H]3CC(=O)c4cc(O)c(OC)cc4[C@H]3CC[C@]12C. The van der Waals surface area contributed by atoms with Crippen molar-refractivity contribution in [3.05, 3.63) is 35.0 Å². The van der Waals surface area contributed by atoms with E-state index in [0.29, 0.717) is 35.5 Å². The molecule has 0 amide bonds. The van der Waals surface area contributed by atoms with Crippen molar-refractivity contribution in [2.45, 2.75) is 38.5 Å². The molecule has 0 heterocycles. The lowest BCUT2D eigenvalue weighted by Gasteiger charge is -2.49. The van der Waals surface area contributed by atoms with E-state index in [9.17, 15) is 9.90 Å². The molecule has 0 aliphatic heterocycles. The van der Waals surface area contributed by atoms with Crippen molar-refractivity contribution in [3.8, 4) is 11.5 Å². The maximum absolute atomic E-state index is 12.8. The van der Waals surface area contributed by atoms with Crippen molar-refractivity contribution in [1.82, 2.24) is 5.48 Å². The van der Waals surface area contributed by atoms with Gasteiger partial charge >= 0.3 is 0 Å². The Balaban J connectivity index is 1.72. The highest BCUT2D eigenvalue weighted by molar-refractivity contribution is 6.00. The molecule has 4 atom stereocenters. The Bertz CT molecular complexity index is 756. The van der Waals surface area contributed by atoms with Gasteiger partial charge in [0.15, 0.2) is 17.3 Å². The number of hydroxylamine groups is 1. The lowest BCUT2D eigenvalue weighted by atomic mass is 9.55. The molecule has 3 aliphatic carbocycles. The first kappa shape index (κ1) is 16.5. The van der Waals surface area contributed by atoms with Crippen LogP contribution in [0.1, 0.15) is 54.4 Å². The van der Waals surface area contributed by atoms with E-state index in [2.05, 4.69) is 18.5 Å². The molecule has 0 aromatic heterocycles. The molecule has 1 saturated carbocycles. The number of ether oxygens (including phenoxy) is 1. The van der Waals surface area contributed by atoms with Gasteiger partial charge in [-0.15, -0.1) is 0 Å². The zero-order chi connectivity index (χ0) is 17.8. The molecule has 0 unspecified atom stereocenters. The number of phenolic OH excluding ortho intramolecular Hbond substituents is 1. The van der Waals surface area contributed by atoms with Crippen LogP contribution in [0.15, 0.2) is 23.9 Å². The second kappa shape index (κ2) is 5.77. The first-order valence-corrected chi connectivity index (χ1v) is 8.93. The van der Waals surface area contributed by atoms with E-state index in [4.69, 9.17) is 9.57 Å². The number of benzene rings is 1. The van der Waals surface area contributed by atoms with Crippen molar-refractivity contribution < 1.29 is 19.5 Å². The average Bonchev–Trinajstić information content (AvgIpc) is 2.92. The Hall–Kier alpha value is -2.01. The molecule has 2 N–H and O–H groups in total. The number of carbonyl (C=O) groups excluding carboxylic acids is 1. The number of fused-ring (bicyclic) bond motifs is 5. The van der Waals surface area contributed by atoms with Gasteiger partial charge in [0.05, 0.1) is 14.2 Å². The molecule has 3 aliphatic rings. The molecule has 4 rings (SSSR count). The molecule has 1 aromatic carbocycles. The van der Waals surface area contributed by atoms with Gasteiger partial charge in [0, 0.05) is 23.1 Å². The normalized spacial score (nSPS) is 33.2. The molecule has 0 bridgehead atoms. The zero-order valence-electron chi connectivity index (χ0n) is 15.0. The van der Waals surface area contributed by atoms with Gasteiger partial charge in [-0.05, 0) is 54.7 Å². The number of nitrogens with one attached hydrogen (secondary N) is 1. The van der Waals surface area contributed by atoms with Crippen LogP contribution in [0.2, 0.25) is 0 Å². The third-order valence-corrected chi connectivity index (χ3v) is 6.70. The van der Waals surface area contributed by atoms with Crippen molar-refractivity contribution in [3.63, 3.8) is 0 Å². The van der Waals surface area contributed by atoms with E-state index < -0.39 is 0 Å². The summed E-state index contributed by atoms with van der Waals surface area (Å²) in [5.41, 5.74) is 5.97. The quantitative estimate of drug-likeness (QED) is 0.822. The van der Waals surface area contributed by atoms with Crippen LogP contribution in [0.25, 0.3) is 0 Å². The molecular weight excluding hydrogens is 318 g/mol. The highest BCUT2D eigenvalue weighted by atomic mass is 16.6. The van der Waals surface area contributed by atoms with Crippen LogP contribution < -0.4 is 10.2 Å². The van der Waals surface area contributed by atoms with E-state index in [0.717, 1.165) is 30.5 Å². The Morgan fingerprint density at radius 3 is 2.84 bits per heavy atom. The lowest BCUT2D eigenvalue weighted by Crippen LogP contribution is -2.44. The van der Waals surface area contributed by atoms with Crippen LogP contribution in [-0.4, -0.2) is 25.1 Å². The number of allylic oxidation sites excluding steroid dienone is 2. The average molecular weight is 343 g/mol. The van der Waals surface area contributed by atoms with E-state index in [1.54, 1.807) is 20.3 Å². The molecule has 134 valence electrons. The third-order valence-electron chi connectivity index (χ3n) is 6.70. The third kappa shape index (κ3) is 2.29. The molecule has 25 heavy (non-hydrogen) atoms. The number of Topliss-reactive ketones (excluding diaryl/α,β-unsaturated/α-hetero) is 1. The summed E-state index contributed by atoms with van der Waals surface area (Å²) in [6.07, 6.45) is 5.83. The number of methoxy groups -OCH3 is 1. The Kier molecular flexibility index (Phi) is 3.80. The van der Waals surface area contributed by atoms with Gasteiger partial charge in [-0.1, -0.05) is 13.0 Å². The highest BCUT2D eigenvalue weighted by Crippen LogP contribution is 2.60. The first-order chi connectivity index (χ1) is 12.0. The fourth-order valence-electron chi connectivity index (χ4n) is 5.41. The van der Waals surface area contributed by atoms with Gasteiger partial charge in [0.25, 0.3) is 0 Å². The van der Waals surface area contributed by atoms with Crippen LogP contribution in [0.3, 0.4) is 0 Å².